The summed E-state index contributed by atoms with van der Waals surface area (Å²) in [6.07, 6.45) is 0. The van der Waals surface area contributed by atoms with Crippen molar-refractivity contribution in [2.24, 2.45) is 5.73 Å². The Morgan fingerprint density at radius 1 is 1.40 bits per heavy atom. The van der Waals surface area contributed by atoms with Crippen LogP contribution in [0.1, 0.15) is 11.5 Å². The van der Waals surface area contributed by atoms with Gasteiger partial charge in [0.05, 0.1) is 13.0 Å². The molecule has 0 bridgehead atoms. The van der Waals surface area contributed by atoms with Gasteiger partial charge in [0.15, 0.2) is 0 Å². The average Bonchev–Trinajstić information content (AvgIpc) is 2.17. The van der Waals surface area contributed by atoms with Crippen molar-refractivity contribution in [1.29, 1.82) is 0 Å². The van der Waals surface area contributed by atoms with Crippen molar-refractivity contribution in [3.05, 3.63) is 35.4 Å². The number of hydrogen-bond donors (Lipinski definition) is 1. The SMILES string of the molecule is COC(=O)C(CN)c1cc(F)cc(F)c1. The number of carbonyl (C=O) groups is 1. The molecule has 0 saturated heterocycles. The molecule has 0 aliphatic heterocycles. The van der Waals surface area contributed by atoms with E-state index in [1.807, 2.05) is 0 Å². The minimum Gasteiger partial charge on any atom is -0.469 e. The van der Waals surface area contributed by atoms with E-state index in [9.17, 15) is 13.6 Å². The molecule has 1 rings (SSSR count). The Labute approximate surface area is 85.8 Å². The Morgan fingerprint density at radius 3 is 2.33 bits per heavy atom. The zero-order valence-electron chi connectivity index (χ0n) is 8.17. The van der Waals surface area contributed by atoms with Gasteiger partial charge in [-0.05, 0) is 17.7 Å². The number of esters is 1. The first-order chi connectivity index (χ1) is 7.08. The van der Waals surface area contributed by atoms with Gasteiger partial charge in [-0.2, -0.15) is 0 Å². The molecule has 1 aromatic rings. The molecule has 0 heterocycles. The van der Waals surface area contributed by atoms with Crippen LogP contribution >= 0.6 is 0 Å². The van der Waals surface area contributed by atoms with E-state index in [4.69, 9.17) is 5.73 Å². The van der Waals surface area contributed by atoms with Gasteiger partial charge >= 0.3 is 5.97 Å². The number of ether oxygens (including phenoxy) is 1. The average molecular weight is 215 g/mol. The highest BCUT2D eigenvalue weighted by atomic mass is 19.1. The highest BCUT2D eigenvalue weighted by Gasteiger charge is 2.20. The molecular weight excluding hydrogens is 204 g/mol. The summed E-state index contributed by atoms with van der Waals surface area (Å²) < 4.78 is 30.2. The van der Waals surface area contributed by atoms with Gasteiger partial charge in [-0.15, -0.1) is 0 Å². The summed E-state index contributed by atoms with van der Waals surface area (Å²) in [5.74, 6) is -2.93. The van der Waals surface area contributed by atoms with Crippen molar-refractivity contribution in [2.75, 3.05) is 13.7 Å². The summed E-state index contributed by atoms with van der Waals surface area (Å²) >= 11 is 0. The van der Waals surface area contributed by atoms with Crippen LogP contribution in [0.3, 0.4) is 0 Å². The third-order valence-electron chi connectivity index (χ3n) is 2.01. The fourth-order valence-electron chi connectivity index (χ4n) is 1.29. The van der Waals surface area contributed by atoms with Crippen LogP contribution in [0.2, 0.25) is 0 Å². The van der Waals surface area contributed by atoms with Gasteiger partial charge in [0.25, 0.3) is 0 Å². The number of carbonyl (C=O) groups excluding carboxylic acids is 1. The Kier molecular flexibility index (Phi) is 3.74. The fraction of sp³-hybridized carbons (Fsp3) is 0.300. The minimum absolute atomic E-state index is 0.0600. The number of benzene rings is 1. The zero-order valence-corrected chi connectivity index (χ0v) is 8.17. The first-order valence-electron chi connectivity index (χ1n) is 4.32. The third-order valence-corrected chi connectivity index (χ3v) is 2.01. The Morgan fingerprint density at radius 2 is 1.93 bits per heavy atom. The number of nitrogens with two attached hydrogens (primary N) is 1. The zero-order chi connectivity index (χ0) is 11.4. The summed E-state index contributed by atoms with van der Waals surface area (Å²) in [4.78, 5) is 11.2. The first-order valence-corrected chi connectivity index (χ1v) is 4.32. The van der Waals surface area contributed by atoms with Crippen LogP contribution < -0.4 is 5.73 Å². The molecule has 1 unspecified atom stereocenters. The summed E-state index contributed by atoms with van der Waals surface area (Å²) in [5.41, 5.74) is 5.52. The Balaban J connectivity index is 3.06. The molecule has 1 aromatic carbocycles. The quantitative estimate of drug-likeness (QED) is 0.770. The van der Waals surface area contributed by atoms with E-state index in [2.05, 4.69) is 4.74 Å². The minimum atomic E-state index is -0.833. The first kappa shape index (κ1) is 11.6. The molecule has 15 heavy (non-hydrogen) atoms. The standard InChI is InChI=1S/C10H11F2NO2/c1-15-10(14)9(5-13)6-2-7(11)4-8(12)3-6/h2-4,9H,5,13H2,1H3. The van der Waals surface area contributed by atoms with Crippen molar-refractivity contribution in [3.8, 4) is 0 Å². The van der Waals surface area contributed by atoms with Gasteiger partial charge in [-0.3, -0.25) is 4.79 Å². The molecule has 0 aromatic heterocycles. The Hall–Kier alpha value is -1.49. The van der Waals surface area contributed by atoms with E-state index in [1.54, 1.807) is 0 Å². The van der Waals surface area contributed by atoms with E-state index in [0.717, 1.165) is 18.2 Å². The lowest BCUT2D eigenvalue weighted by molar-refractivity contribution is -0.142. The second-order valence-corrected chi connectivity index (χ2v) is 3.01. The van der Waals surface area contributed by atoms with Gasteiger partial charge in [-0.25, -0.2) is 8.78 Å². The van der Waals surface area contributed by atoms with Crippen LogP contribution in [0.15, 0.2) is 18.2 Å². The molecule has 0 radical (unpaired) electrons. The fourth-order valence-corrected chi connectivity index (χ4v) is 1.29. The van der Waals surface area contributed by atoms with Crippen LogP contribution in [0, 0.1) is 11.6 Å². The molecule has 5 heteroatoms. The molecular formula is C10H11F2NO2. The van der Waals surface area contributed by atoms with Gasteiger partial charge in [0, 0.05) is 12.6 Å². The molecule has 0 spiro atoms. The summed E-state index contributed by atoms with van der Waals surface area (Å²) in [6.45, 7) is -0.0600. The molecule has 0 fully saturated rings. The van der Waals surface area contributed by atoms with Crippen molar-refractivity contribution in [1.82, 2.24) is 0 Å². The third kappa shape index (κ3) is 2.73. The number of rotatable bonds is 3. The largest absolute Gasteiger partial charge is 0.469 e. The summed E-state index contributed by atoms with van der Waals surface area (Å²) in [5, 5.41) is 0. The number of halogens is 2. The van der Waals surface area contributed by atoms with E-state index >= 15 is 0 Å². The van der Waals surface area contributed by atoms with E-state index in [0.29, 0.717) is 0 Å². The molecule has 0 aliphatic rings. The van der Waals surface area contributed by atoms with Gasteiger partial charge < -0.3 is 10.5 Å². The molecule has 0 saturated carbocycles. The van der Waals surface area contributed by atoms with E-state index in [1.165, 1.54) is 7.11 Å². The highest BCUT2D eigenvalue weighted by molar-refractivity contribution is 5.78. The maximum absolute atomic E-state index is 12.9. The molecule has 0 aliphatic carbocycles. The summed E-state index contributed by atoms with van der Waals surface area (Å²) in [6, 6.07) is 2.86. The van der Waals surface area contributed by atoms with Crippen molar-refractivity contribution < 1.29 is 18.3 Å². The topological polar surface area (TPSA) is 52.3 Å². The predicted octanol–water partition coefficient (Wildman–Crippen LogP) is 1.18. The van der Waals surface area contributed by atoms with Crippen molar-refractivity contribution in [2.45, 2.75) is 5.92 Å². The van der Waals surface area contributed by atoms with Crippen molar-refractivity contribution >= 4 is 5.97 Å². The maximum atomic E-state index is 12.9. The lowest BCUT2D eigenvalue weighted by Crippen LogP contribution is -2.23. The van der Waals surface area contributed by atoms with Crippen LogP contribution in [0.5, 0.6) is 0 Å². The second kappa shape index (κ2) is 4.84. The molecule has 2 N–H and O–H groups in total. The lowest BCUT2D eigenvalue weighted by Gasteiger charge is -2.12. The number of hydrogen-bond acceptors (Lipinski definition) is 3. The van der Waals surface area contributed by atoms with Crippen LogP contribution in [-0.4, -0.2) is 19.6 Å². The lowest BCUT2D eigenvalue weighted by atomic mass is 9.99. The molecule has 1 atom stereocenters. The van der Waals surface area contributed by atoms with Gasteiger partial charge in [-0.1, -0.05) is 0 Å². The molecule has 82 valence electrons. The van der Waals surface area contributed by atoms with Gasteiger partial charge in [0.1, 0.15) is 11.6 Å². The van der Waals surface area contributed by atoms with E-state index in [-0.39, 0.29) is 12.1 Å². The Bertz CT molecular complexity index is 348. The molecule has 3 nitrogen and oxygen atoms in total. The van der Waals surface area contributed by atoms with Crippen LogP contribution in [0.4, 0.5) is 8.78 Å². The van der Waals surface area contributed by atoms with Crippen molar-refractivity contribution in [3.63, 3.8) is 0 Å². The predicted molar refractivity (Wildman–Crippen MR) is 50.2 cm³/mol. The van der Waals surface area contributed by atoms with E-state index < -0.39 is 23.5 Å². The normalized spacial score (nSPS) is 12.3. The highest BCUT2D eigenvalue weighted by Crippen LogP contribution is 2.18. The molecule has 0 amide bonds. The number of methoxy groups -OCH3 is 1. The van der Waals surface area contributed by atoms with Crippen LogP contribution in [-0.2, 0) is 9.53 Å². The summed E-state index contributed by atoms with van der Waals surface area (Å²) in [7, 11) is 1.20. The maximum Gasteiger partial charge on any atom is 0.314 e. The van der Waals surface area contributed by atoms with Crippen LogP contribution in [0.25, 0.3) is 0 Å². The smallest absolute Gasteiger partial charge is 0.314 e. The monoisotopic (exact) mass is 215 g/mol. The second-order valence-electron chi connectivity index (χ2n) is 3.01. The van der Waals surface area contributed by atoms with Gasteiger partial charge in [0.2, 0.25) is 0 Å².